The smallest absolute Gasteiger partial charge is 0.338 e. The molecule has 1 heterocycles. The molecule has 1 unspecified atom stereocenters. The van der Waals surface area contributed by atoms with Crippen LogP contribution in [-0.4, -0.2) is 30.1 Å². The molecule has 1 atom stereocenters. The summed E-state index contributed by atoms with van der Waals surface area (Å²) in [5.74, 6) is 0.629. The first-order chi connectivity index (χ1) is 18.0. The van der Waals surface area contributed by atoms with E-state index < -0.39 is 12.0 Å². The van der Waals surface area contributed by atoms with Gasteiger partial charge in [0.05, 0.1) is 18.2 Å². The molecule has 2 amide bonds. The van der Waals surface area contributed by atoms with Crippen molar-refractivity contribution in [3.8, 4) is 11.5 Å². The maximum absolute atomic E-state index is 13.0. The van der Waals surface area contributed by atoms with Crippen LogP contribution in [-0.2, 0) is 22.7 Å². The van der Waals surface area contributed by atoms with E-state index in [4.69, 9.17) is 14.2 Å². The molecule has 1 aliphatic rings. The molecular weight excluding hydrogens is 468 g/mol. The molecular formula is C30H32N2O5. The molecule has 37 heavy (non-hydrogen) atoms. The number of carbonyl (C=O) groups is 2. The van der Waals surface area contributed by atoms with Gasteiger partial charge in [-0.3, -0.25) is 4.90 Å². The minimum Gasteiger partial charge on any atom is -0.485 e. The molecule has 0 bridgehead atoms. The first kappa shape index (κ1) is 25.8. The summed E-state index contributed by atoms with van der Waals surface area (Å²) in [5, 5.41) is 2.96. The van der Waals surface area contributed by atoms with E-state index in [1.807, 2.05) is 85.8 Å². The molecule has 0 radical (unpaired) electrons. The number of allylic oxidation sites excluding steroid dienone is 1. The molecule has 7 heteroatoms. The van der Waals surface area contributed by atoms with E-state index in [1.54, 1.807) is 13.8 Å². The summed E-state index contributed by atoms with van der Waals surface area (Å²) in [6, 6.07) is 24.2. The summed E-state index contributed by atoms with van der Waals surface area (Å²) in [7, 11) is 0. The summed E-state index contributed by atoms with van der Waals surface area (Å²) in [5.41, 5.74) is 3.71. The van der Waals surface area contributed by atoms with E-state index in [9.17, 15) is 9.59 Å². The Balaban J connectivity index is 1.69. The molecule has 0 saturated heterocycles. The maximum atomic E-state index is 13.0. The minimum atomic E-state index is -0.684. The number of carbonyl (C=O) groups excluding carboxylic acids is 2. The van der Waals surface area contributed by atoms with Crippen LogP contribution < -0.4 is 14.8 Å². The topological polar surface area (TPSA) is 77.1 Å². The molecule has 0 aromatic heterocycles. The zero-order chi connectivity index (χ0) is 26.2. The average Bonchev–Trinajstić information content (AvgIpc) is 2.92. The first-order valence-corrected chi connectivity index (χ1v) is 12.4. The highest BCUT2D eigenvalue weighted by molar-refractivity contribution is 5.95. The molecule has 0 fully saturated rings. The zero-order valence-corrected chi connectivity index (χ0v) is 21.4. The van der Waals surface area contributed by atoms with E-state index in [1.165, 1.54) is 4.90 Å². The highest BCUT2D eigenvalue weighted by atomic mass is 16.5. The van der Waals surface area contributed by atoms with Crippen LogP contribution in [0.4, 0.5) is 4.79 Å². The maximum Gasteiger partial charge on any atom is 0.338 e. The van der Waals surface area contributed by atoms with Gasteiger partial charge in [-0.1, -0.05) is 66.7 Å². The van der Waals surface area contributed by atoms with E-state index >= 15 is 0 Å². The van der Waals surface area contributed by atoms with Crippen LogP contribution in [0.1, 0.15) is 43.5 Å². The van der Waals surface area contributed by atoms with Crippen LogP contribution in [0.25, 0.3) is 0 Å². The van der Waals surface area contributed by atoms with Gasteiger partial charge >= 0.3 is 12.0 Å². The Hall–Kier alpha value is -4.26. The Labute approximate surface area is 217 Å². The second-order valence-electron chi connectivity index (χ2n) is 8.60. The summed E-state index contributed by atoms with van der Waals surface area (Å²) < 4.78 is 17.7. The Bertz CT molecular complexity index is 1260. The lowest BCUT2D eigenvalue weighted by molar-refractivity contribution is -0.139. The van der Waals surface area contributed by atoms with E-state index in [0.29, 0.717) is 48.1 Å². The number of esters is 1. The first-order valence-electron chi connectivity index (χ1n) is 12.4. The number of benzene rings is 3. The second-order valence-corrected chi connectivity index (χ2v) is 8.60. The van der Waals surface area contributed by atoms with Crippen molar-refractivity contribution in [3.63, 3.8) is 0 Å². The van der Waals surface area contributed by atoms with Crippen molar-refractivity contribution in [3.05, 3.63) is 107 Å². The van der Waals surface area contributed by atoms with Gasteiger partial charge in [0, 0.05) is 12.2 Å². The summed E-state index contributed by atoms with van der Waals surface area (Å²) in [6.45, 7) is 6.78. The number of hydrogen-bond acceptors (Lipinski definition) is 5. The predicted octanol–water partition coefficient (Wildman–Crippen LogP) is 5.77. The summed E-state index contributed by atoms with van der Waals surface area (Å²) in [6.07, 6.45) is 0. The van der Waals surface area contributed by atoms with Gasteiger partial charge in [-0.15, -0.1) is 0 Å². The Morgan fingerprint density at radius 2 is 1.46 bits per heavy atom. The predicted molar refractivity (Wildman–Crippen MR) is 141 cm³/mol. The number of hydrogen-bond donors (Lipinski definition) is 1. The lowest BCUT2D eigenvalue weighted by Crippen LogP contribution is -2.47. The molecule has 7 nitrogen and oxygen atoms in total. The second kappa shape index (κ2) is 12.1. The van der Waals surface area contributed by atoms with Crippen molar-refractivity contribution in [1.29, 1.82) is 0 Å². The normalized spacial score (nSPS) is 15.3. The average molecular weight is 501 g/mol. The van der Waals surface area contributed by atoms with Crippen molar-refractivity contribution >= 4 is 12.0 Å². The number of ether oxygens (including phenoxy) is 3. The molecule has 192 valence electrons. The van der Waals surface area contributed by atoms with Crippen LogP contribution >= 0.6 is 0 Å². The molecule has 1 aliphatic heterocycles. The van der Waals surface area contributed by atoms with Gasteiger partial charge in [0.25, 0.3) is 0 Å². The fourth-order valence-electron chi connectivity index (χ4n) is 4.29. The third-order valence-corrected chi connectivity index (χ3v) is 6.18. The molecule has 0 aliphatic carbocycles. The lowest BCUT2D eigenvalue weighted by Gasteiger charge is -2.35. The van der Waals surface area contributed by atoms with Gasteiger partial charge in [-0.05, 0) is 49.6 Å². The number of nitrogens with zero attached hydrogens (tertiary/aromatic N) is 1. The number of nitrogens with one attached hydrogen (secondary N) is 1. The number of rotatable bonds is 10. The van der Waals surface area contributed by atoms with Crippen LogP contribution in [0.3, 0.4) is 0 Å². The van der Waals surface area contributed by atoms with Gasteiger partial charge in [-0.2, -0.15) is 0 Å². The van der Waals surface area contributed by atoms with Crippen LogP contribution in [0, 0.1) is 0 Å². The van der Waals surface area contributed by atoms with Gasteiger partial charge in [0.2, 0.25) is 0 Å². The Morgan fingerprint density at radius 1 is 0.865 bits per heavy atom. The molecule has 3 aromatic rings. The van der Waals surface area contributed by atoms with Gasteiger partial charge in [0.15, 0.2) is 11.5 Å². The van der Waals surface area contributed by atoms with Crippen molar-refractivity contribution in [1.82, 2.24) is 10.2 Å². The van der Waals surface area contributed by atoms with Crippen molar-refractivity contribution in [2.24, 2.45) is 0 Å². The van der Waals surface area contributed by atoms with Crippen LogP contribution in [0.15, 0.2) is 90.1 Å². The molecule has 3 aromatic carbocycles. The third-order valence-electron chi connectivity index (χ3n) is 6.18. The fourth-order valence-corrected chi connectivity index (χ4v) is 4.29. The molecule has 0 saturated carbocycles. The monoisotopic (exact) mass is 500 g/mol. The summed E-state index contributed by atoms with van der Waals surface area (Å²) >= 11 is 0. The number of urea groups is 1. The van der Waals surface area contributed by atoms with E-state index in [-0.39, 0.29) is 12.6 Å². The van der Waals surface area contributed by atoms with Crippen molar-refractivity contribution in [2.75, 3.05) is 13.2 Å². The minimum absolute atomic E-state index is 0.236. The fraction of sp³-hybridized carbons (Fsp3) is 0.267. The third kappa shape index (κ3) is 6.12. The highest BCUT2D eigenvalue weighted by Crippen LogP contribution is 2.37. The molecule has 4 rings (SSSR count). The van der Waals surface area contributed by atoms with Crippen LogP contribution in [0.5, 0.6) is 11.5 Å². The molecule has 0 spiro atoms. The van der Waals surface area contributed by atoms with E-state index in [2.05, 4.69) is 5.32 Å². The van der Waals surface area contributed by atoms with Gasteiger partial charge in [0.1, 0.15) is 13.2 Å². The molecule has 1 N–H and O–H groups in total. The standard InChI is InChI=1S/C30H32N2O5/c1-4-32-21(3)27(29(33)35-5-2)28(31-30(32)34)24-16-17-25(36-19-22-12-8-6-9-13-22)26(18-24)37-20-23-14-10-7-11-15-23/h6-18,28H,4-5,19-20H2,1-3H3,(H,31,34). The SMILES string of the molecule is CCOC(=O)C1=C(C)N(CC)C(=O)NC1c1ccc(OCc2ccccc2)c(OCc2ccccc2)c1. The van der Waals surface area contributed by atoms with E-state index in [0.717, 1.165) is 11.1 Å². The largest absolute Gasteiger partial charge is 0.485 e. The zero-order valence-electron chi connectivity index (χ0n) is 21.4. The van der Waals surface area contributed by atoms with Crippen molar-refractivity contribution < 1.29 is 23.8 Å². The van der Waals surface area contributed by atoms with Crippen LogP contribution in [0.2, 0.25) is 0 Å². The highest BCUT2D eigenvalue weighted by Gasteiger charge is 2.36. The Morgan fingerprint density at radius 3 is 2.03 bits per heavy atom. The summed E-state index contributed by atoms with van der Waals surface area (Å²) in [4.78, 5) is 27.3. The Kier molecular flexibility index (Phi) is 8.46. The van der Waals surface area contributed by atoms with Gasteiger partial charge < -0.3 is 19.5 Å². The number of amides is 2. The van der Waals surface area contributed by atoms with Crippen molar-refractivity contribution in [2.45, 2.75) is 40.0 Å². The van der Waals surface area contributed by atoms with Gasteiger partial charge in [-0.25, -0.2) is 9.59 Å². The quantitative estimate of drug-likeness (QED) is 0.358. The lowest BCUT2D eigenvalue weighted by atomic mass is 9.94.